The van der Waals surface area contributed by atoms with Crippen molar-refractivity contribution in [3.8, 4) is 11.4 Å². The Morgan fingerprint density at radius 1 is 1.35 bits per heavy atom. The summed E-state index contributed by atoms with van der Waals surface area (Å²) in [7, 11) is 0. The standard InChI is InChI=1S/C12H15ClN4/c1-3-6-17-8(2)15-16-12(17)9-4-5-10(13)11(14)7-9/h4-5,7H,3,6,14H2,1-2H3. The molecule has 0 aliphatic rings. The van der Waals surface area contributed by atoms with Crippen LogP contribution in [0.3, 0.4) is 0 Å². The van der Waals surface area contributed by atoms with E-state index in [-0.39, 0.29) is 0 Å². The predicted molar refractivity (Wildman–Crippen MR) is 69.9 cm³/mol. The molecule has 0 aliphatic carbocycles. The molecular weight excluding hydrogens is 236 g/mol. The minimum atomic E-state index is 0.562. The molecule has 1 aromatic heterocycles. The van der Waals surface area contributed by atoms with E-state index in [1.165, 1.54) is 0 Å². The van der Waals surface area contributed by atoms with Gasteiger partial charge in [-0.3, -0.25) is 0 Å². The summed E-state index contributed by atoms with van der Waals surface area (Å²) < 4.78 is 2.09. The Kier molecular flexibility index (Phi) is 3.33. The Bertz CT molecular complexity index is 533. The van der Waals surface area contributed by atoms with Gasteiger partial charge in [0.15, 0.2) is 5.82 Å². The van der Waals surface area contributed by atoms with Crippen LogP contribution in [0, 0.1) is 6.92 Å². The maximum Gasteiger partial charge on any atom is 0.164 e. The Labute approximate surface area is 105 Å². The molecule has 2 N–H and O–H groups in total. The van der Waals surface area contributed by atoms with Crippen LogP contribution in [0.25, 0.3) is 11.4 Å². The molecule has 2 rings (SSSR count). The summed E-state index contributed by atoms with van der Waals surface area (Å²) in [5, 5.41) is 8.85. The van der Waals surface area contributed by atoms with Gasteiger partial charge in [0.05, 0.1) is 10.7 Å². The summed E-state index contributed by atoms with van der Waals surface area (Å²) in [6, 6.07) is 5.53. The largest absolute Gasteiger partial charge is 0.398 e. The van der Waals surface area contributed by atoms with Gasteiger partial charge in [-0.25, -0.2) is 0 Å². The number of halogens is 1. The third-order valence-electron chi connectivity index (χ3n) is 2.64. The zero-order valence-electron chi connectivity index (χ0n) is 9.94. The molecule has 0 radical (unpaired) electrons. The Morgan fingerprint density at radius 3 is 2.76 bits per heavy atom. The van der Waals surface area contributed by atoms with Gasteiger partial charge in [0.25, 0.3) is 0 Å². The number of nitrogens with zero attached hydrogens (tertiary/aromatic N) is 3. The minimum Gasteiger partial charge on any atom is -0.398 e. The fourth-order valence-electron chi connectivity index (χ4n) is 1.77. The van der Waals surface area contributed by atoms with Crippen LogP contribution in [0.4, 0.5) is 5.69 Å². The molecule has 0 unspecified atom stereocenters. The smallest absolute Gasteiger partial charge is 0.164 e. The molecule has 2 aromatic rings. The van der Waals surface area contributed by atoms with Crippen molar-refractivity contribution in [1.29, 1.82) is 0 Å². The number of rotatable bonds is 3. The molecule has 1 aromatic carbocycles. The number of benzene rings is 1. The fourth-order valence-corrected chi connectivity index (χ4v) is 1.89. The molecule has 0 saturated carbocycles. The van der Waals surface area contributed by atoms with Crippen molar-refractivity contribution in [3.63, 3.8) is 0 Å². The molecule has 1 heterocycles. The van der Waals surface area contributed by atoms with Crippen LogP contribution in [0.2, 0.25) is 5.02 Å². The van der Waals surface area contributed by atoms with Gasteiger partial charge in [0.1, 0.15) is 5.82 Å². The lowest BCUT2D eigenvalue weighted by Crippen LogP contribution is -2.02. The Hall–Kier alpha value is -1.55. The van der Waals surface area contributed by atoms with Crippen LogP contribution in [0.5, 0.6) is 0 Å². The number of aromatic nitrogens is 3. The van der Waals surface area contributed by atoms with Crippen molar-refractivity contribution in [2.75, 3.05) is 5.73 Å². The van der Waals surface area contributed by atoms with Crippen molar-refractivity contribution in [1.82, 2.24) is 14.8 Å². The molecular formula is C12H15ClN4. The van der Waals surface area contributed by atoms with Gasteiger partial charge in [-0.15, -0.1) is 10.2 Å². The van der Waals surface area contributed by atoms with Crippen LogP contribution in [-0.2, 0) is 6.54 Å². The molecule has 0 spiro atoms. The topological polar surface area (TPSA) is 56.7 Å². The molecule has 0 fully saturated rings. The molecule has 5 heteroatoms. The number of nitrogen functional groups attached to an aromatic ring is 1. The fraction of sp³-hybridized carbons (Fsp3) is 0.333. The third-order valence-corrected chi connectivity index (χ3v) is 2.98. The predicted octanol–water partition coefficient (Wildman–Crippen LogP) is 2.90. The van der Waals surface area contributed by atoms with E-state index in [0.29, 0.717) is 10.7 Å². The van der Waals surface area contributed by atoms with Crippen molar-refractivity contribution in [2.45, 2.75) is 26.8 Å². The molecule has 17 heavy (non-hydrogen) atoms. The maximum atomic E-state index is 5.91. The Morgan fingerprint density at radius 2 is 2.12 bits per heavy atom. The number of hydrogen-bond donors (Lipinski definition) is 1. The lowest BCUT2D eigenvalue weighted by atomic mass is 10.2. The monoisotopic (exact) mass is 250 g/mol. The van der Waals surface area contributed by atoms with Gasteiger partial charge in [0.2, 0.25) is 0 Å². The lowest BCUT2D eigenvalue weighted by molar-refractivity contribution is 0.663. The van der Waals surface area contributed by atoms with Crippen molar-refractivity contribution in [3.05, 3.63) is 29.0 Å². The van der Waals surface area contributed by atoms with Crippen LogP contribution >= 0.6 is 11.6 Å². The molecule has 0 bridgehead atoms. The molecule has 90 valence electrons. The van der Waals surface area contributed by atoms with Gasteiger partial charge >= 0.3 is 0 Å². The van der Waals surface area contributed by atoms with Crippen molar-refractivity contribution < 1.29 is 0 Å². The SMILES string of the molecule is CCCn1c(C)nnc1-c1ccc(Cl)c(N)c1. The highest BCUT2D eigenvalue weighted by atomic mass is 35.5. The summed E-state index contributed by atoms with van der Waals surface area (Å²) in [6.07, 6.45) is 1.04. The highest BCUT2D eigenvalue weighted by Crippen LogP contribution is 2.26. The second-order valence-electron chi connectivity index (χ2n) is 3.96. The van der Waals surface area contributed by atoms with E-state index in [1.807, 2.05) is 19.1 Å². The average Bonchev–Trinajstić information content (AvgIpc) is 2.66. The van der Waals surface area contributed by atoms with Crippen LogP contribution < -0.4 is 5.73 Å². The summed E-state index contributed by atoms with van der Waals surface area (Å²) in [4.78, 5) is 0. The first-order chi connectivity index (χ1) is 8.13. The van der Waals surface area contributed by atoms with Gasteiger partial charge in [-0.2, -0.15) is 0 Å². The van der Waals surface area contributed by atoms with Crippen LogP contribution in [-0.4, -0.2) is 14.8 Å². The molecule has 0 aliphatic heterocycles. The quantitative estimate of drug-likeness (QED) is 0.853. The van der Waals surface area contributed by atoms with E-state index in [1.54, 1.807) is 6.07 Å². The van der Waals surface area contributed by atoms with E-state index in [9.17, 15) is 0 Å². The summed E-state index contributed by atoms with van der Waals surface area (Å²) >= 11 is 5.91. The number of nitrogens with two attached hydrogens (primary N) is 1. The molecule has 0 amide bonds. The van der Waals surface area contributed by atoms with E-state index in [0.717, 1.165) is 30.2 Å². The van der Waals surface area contributed by atoms with E-state index < -0.39 is 0 Å². The lowest BCUT2D eigenvalue weighted by Gasteiger charge is -2.08. The van der Waals surface area contributed by atoms with E-state index in [2.05, 4.69) is 21.7 Å². The molecule has 4 nitrogen and oxygen atoms in total. The minimum absolute atomic E-state index is 0.562. The molecule has 0 atom stereocenters. The highest BCUT2D eigenvalue weighted by molar-refractivity contribution is 6.33. The summed E-state index contributed by atoms with van der Waals surface area (Å²) in [5.41, 5.74) is 7.31. The second kappa shape index (κ2) is 4.75. The summed E-state index contributed by atoms with van der Waals surface area (Å²) in [6.45, 7) is 4.97. The first-order valence-electron chi connectivity index (χ1n) is 5.58. The Balaban J connectivity index is 2.48. The van der Waals surface area contributed by atoms with E-state index >= 15 is 0 Å². The van der Waals surface area contributed by atoms with Crippen LogP contribution in [0.1, 0.15) is 19.2 Å². The number of aryl methyl sites for hydroxylation is 1. The second-order valence-corrected chi connectivity index (χ2v) is 4.37. The van der Waals surface area contributed by atoms with Gasteiger partial charge in [-0.05, 0) is 31.5 Å². The first-order valence-corrected chi connectivity index (χ1v) is 5.96. The zero-order chi connectivity index (χ0) is 12.4. The van der Waals surface area contributed by atoms with Crippen LogP contribution in [0.15, 0.2) is 18.2 Å². The number of hydrogen-bond acceptors (Lipinski definition) is 3. The zero-order valence-corrected chi connectivity index (χ0v) is 10.7. The van der Waals surface area contributed by atoms with E-state index in [4.69, 9.17) is 17.3 Å². The third kappa shape index (κ3) is 2.26. The maximum absolute atomic E-state index is 5.91. The number of anilines is 1. The highest BCUT2D eigenvalue weighted by Gasteiger charge is 2.11. The van der Waals surface area contributed by atoms with Crippen molar-refractivity contribution in [2.24, 2.45) is 0 Å². The normalized spacial score (nSPS) is 10.8. The first kappa shape index (κ1) is 11.9. The molecule has 0 saturated heterocycles. The van der Waals surface area contributed by atoms with Crippen molar-refractivity contribution >= 4 is 17.3 Å². The summed E-state index contributed by atoms with van der Waals surface area (Å²) in [5.74, 6) is 1.75. The van der Waals surface area contributed by atoms with Gasteiger partial charge in [-0.1, -0.05) is 18.5 Å². The average molecular weight is 251 g/mol. The van der Waals surface area contributed by atoms with Gasteiger partial charge < -0.3 is 10.3 Å². The van der Waals surface area contributed by atoms with Gasteiger partial charge in [0, 0.05) is 12.1 Å².